The summed E-state index contributed by atoms with van der Waals surface area (Å²) in [5, 5.41) is 11.7. The lowest BCUT2D eigenvalue weighted by molar-refractivity contribution is -0.150. The summed E-state index contributed by atoms with van der Waals surface area (Å²) in [6.07, 6.45) is 0.455. The molecule has 102 valence electrons. The summed E-state index contributed by atoms with van der Waals surface area (Å²) in [6.45, 7) is 0. The first-order chi connectivity index (χ1) is 8.97. The van der Waals surface area contributed by atoms with Gasteiger partial charge in [-0.25, -0.2) is 9.78 Å². The molecular formula is C11H10BrClN2O4. The zero-order valence-corrected chi connectivity index (χ0v) is 11.9. The van der Waals surface area contributed by atoms with E-state index < -0.39 is 18.2 Å². The number of carboxylic acid groups (broad SMARTS) is 1. The smallest absolute Gasteiger partial charge is 0.332 e. The van der Waals surface area contributed by atoms with E-state index in [1.807, 2.05) is 0 Å². The van der Waals surface area contributed by atoms with E-state index in [4.69, 9.17) is 21.4 Å². The Labute approximate surface area is 122 Å². The number of hydrogen-bond acceptors (Lipinski definition) is 4. The summed E-state index contributed by atoms with van der Waals surface area (Å²) >= 11 is 8.93. The van der Waals surface area contributed by atoms with Gasteiger partial charge in [-0.2, -0.15) is 0 Å². The highest BCUT2D eigenvalue weighted by atomic mass is 79.9. The average Bonchev–Trinajstić information content (AvgIpc) is 2.83. The van der Waals surface area contributed by atoms with Crippen molar-refractivity contribution in [3.8, 4) is 0 Å². The Morgan fingerprint density at radius 3 is 2.74 bits per heavy atom. The van der Waals surface area contributed by atoms with Crippen LogP contribution in [0.5, 0.6) is 0 Å². The highest BCUT2D eigenvalue weighted by Crippen LogP contribution is 2.24. The van der Waals surface area contributed by atoms with Gasteiger partial charge in [-0.1, -0.05) is 11.6 Å². The summed E-state index contributed by atoms with van der Waals surface area (Å²) in [4.78, 5) is 26.5. The third kappa shape index (κ3) is 3.43. The molecule has 1 aliphatic heterocycles. The molecule has 0 aromatic carbocycles. The van der Waals surface area contributed by atoms with Gasteiger partial charge in [0, 0.05) is 0 Å². The van der Waals surface area contributed by atoms with Crippen LogP contribution in [0.2, 0.25) is 5.15 Å². The number of nitrogens with one attached hydrogen (secondary N) is 1. The summed E-state index contributed by atoms with van der Waals surface area (Å²) in [7, 11) is 0. The van der Waals surface area contributed by atoms with Gasteiger partial charge in [-0.15, -0.1) is 0 Å². The van der Waals surface area contributed by atoms with Crippen LogP contribution in [0.4, 0.5) is 5.69 Å². The van der Waals surface area contributed by atoms with Crippen molar-refractivity contribution >= 4 is 45.1 Å². The number of anilines is 1. The average molecular weight is 350 g/mol. The number of nitrogens with zero attached hydrogens (tertiary/aromatic N) is 1. The third-order valence-corrected chi connectivity index (χ3v) is 3.79. The lowest BCUT2D eigenvalue weighted by Crippen LogP contribution is -2.29. The second kappa shape index (κ2) is 5.85. The van der Waals surface area contributed by atoms with Gasteiger partial charge in [0.05, 0.1) is 16.4 Å². The van der Waals surface area contributed by atoms with E-state index in [9.17, 15) is 9.59 Å². The number of halogens is 2. The molecule has 0 unspecified atom stereocenters. The molecule has 0 saturated carbocycles. The van der Waals surface area contributed by atoms with Crippen LogP contribution >= 0.6 is 27.5 Å². The van der Waals surface area contributed by atoms with Gasteiger partial charge in [0.2, 0.25) is 0 Å². The fourth-order valence-corrected chi connectivity index (χ4v) is 2.18. The van der Waals surface area contributed by atoms with E-state index in [2.05, 4.69) is 26.2 Å². The van der Waals surface area contributed by atoms with Gasteiger partial charge >= 0.3 is 5.97 Å². The molecule has 1 aromatic heterocycles. The molecule has 19 heavy (non-hydrogen) atoms. The first-order valence-corrected chi connectivity index (χ1v) is 6.64. The van der Waals surface area contributed by atoms with Crippen LogP contribution < -0.4 is 5.32 Å². The minimum Gasteiger partial charge on any atom is -0.479 e. The number of aliphatic carboxylic acids is 1. The predicted molar refractivity (Wildman–Crippen MR) is 71.1 cm³/mol. The molecule has 0 radical (unpaired) electrons. The number of ether oxygens (including phenoxy) is 1. The number of pyridine rings is 1. The number of carbonyl (C=O) groups is 2. The highest BCUT2D eigenvalue weighted by molar-refractivity contribution is 9.10. The van der Waals surface area contributed by atoms with Crippen LogP contribution in [0.3, 0.4) is 0 Å². The molecule has 1 aliphatic rings. The molecule has 1 aromatic rings. The lowest BCUT2D eigenvalue weighted by atomic mass is 10.2. The van der Waals surface area contributed by atoms with Gasteiger partial charge in [-0.05, 0) is 34.8 Å². The predicted octanol–water partition coefficient (Wildman–Crippen LogP) is 2.07. The number of carbonyl (C=O) groups excluding carboxylic acids is 1. The van der Waals surface area contributed by atoms with E-state index in [1.165, 1.54) is 6.20 Å². The Kier molecular flexibility index (Phi) is 4.38. The van der Waals surface area contributed by atoms with Gasteiger partial charge in [0.25, 0.3) is 5.91 Å². The molecule has 0 aliphatic carbocycles. The summed E-state index contributed by atoms with van der Waals surface area (Å²) < 4.78 is 5.70. The van der Waals surface area contributed by atoms with E-state index >= 15 is 0 Å². The molecule has 1 saturated heterocycles. The molecule has 2 atom stereocenters. The van der Waals surface area contributed by atoms with Crippen molar-refractivity contribution < 1.29 is 19.4 Å². The van der Waals surface area contributed by atoms with Gasteiger partial charge in [-0.3, -0.25) is 4.79 Å². The van der Waals surface area contributed by atoms with Gasteiger partial charge < -0.3 is 15.2 Å². The summed E-state index contributed by atoms with van der Waals surface area (Å²) in [5.41, 5.74) is 0.462. The molecule has 2 rings (SSSR count). The number of carboxylic acids is 1. The zero-order valence-electron chi connectivity index (χ0n) is 9.60. The number of amides is 1. The first-order valence-electron chi connectivity index (χ1n) is 5.47. The minimum atomic E-state index is -1.05. The van der Waals surface area contributed by atoms with Crippen molar-refractivity contribution in [2.75, 3.05) is 5.32 Å². The second-order valence-corrected chi connectivity index (χ2v) is 5.23. The topological polar surface area (TPSA) is 88.5 Å². The highest BCUT2D eigenvalue weighted by Gasteiger charge is 2.34. The lowest BCUT2D eigenvalue weighted by Gasteiger charge is -2.11. The van der Waals surface area contributed by atoms with Crippen molar-refractivity contribution in [1.82, 2.24) is 4.98 Å². The van der Waals surface area contributed by atoms with Crippen LogP contribution in [0.15, 0.2) is 16.7 Å². The summed E-state index contributed by atoms with van der Waals surface area (Å²) in [5.74, 6) is -1.44. The monoisotopic (exact) mass is 348 g/mol. The molecule has 2 heterocycles. The van der Waals surface area contributed by atoms with Crippen LogP contribution in [-0.4, -0.2) is 34.2 Å². The van der Waals surface area contributed by atoms with E-state index in [0.717, 1.165) is 0 Å². The van der Waals surface area contributed by atoms with Crippen molar-refractivity contribution in [2.24, 2.45) is 0 Å². The maximum absolute atomic E-state index is 11.9. The van der Waals surface area contributed by atoms with Crippen molar-refractivity contribution in [3.05, 3.63) is 21.9 Å². The number of hydrogen-bond donors (Lipinski definition) is 2. The molecule has 6 nitrogen and oxygen atoms in total. The number of rotatable bonds is 3. The normalized spacial score (nSPS) is 22.2. The van der Waals surface area contributed by atoms with Crippen LogP contribution in [-0.2, 0) is 14.3 Å². The maximum atomic E-state index is 11.9. The Morgan fingerprint density at radius 2 is 2.16 bits per heavy atom. The molecule has 1 amide bonds. The SMILES string of the molecule is O=C(Nc1cnc(Cl)c(Br)c1)[C@@H]1CC[C@H](C(=O)O)O1. The minimum absolute atomic E-state index is 0.293. The Bertz CT molecular complexity index is 525. The first kappa shape index (κ1) is 14.2. The Hall–Kier alpha value is -1.18. The third-order valence-electron chi connectivity index (χ3n) is 2.65. The largest absolute Gasteiger partial charge is 0.479 e. The van der Waals surface area contributed by atoms with Crippen molar-refractivity contribution in [3.63, 3.8) is 0 Å². The zero-order chi connectivity index (χ0) is 14.0. The van der Waals surface area contributed by atoms with Gasteiger partial charge in [0.1, 0.15) is 11.3 Å². The fraction of sp³-hybridized carbons (Fsp3) is 0.364. The number of aromatic nitrogens is 1. The van der Waals surface area contributed by atoms with Crippen LogP contribution in [0.1, 0.15) is 12.8 Å². The van der Waals surface area contributed by atoms with E-state index in [1.54, 1.807) is 6.07 Å². The maximum Gasteiger partial charge on any atom is 0.332 e. The summed E-state index contributed by atoms with van der Waals surface area (Å²) in [6, 6.07) is 1.61. The van der Waals surface area contributed by atoms with Crippen LogP contribution in [0.25, 0.3) is 0 Å². The molecular weight excluding hydrogens is 339 g/mol. The van der Waals surface area contributed by atoms with Crippen molar-refractivity contribution in [2.45, 2.75) is 25.0 Å². The fourth-order valence-electron chi connectivity index (χ4n) is 1.72. The van der Waals surface area contributed by atoms with Crippen molar-refractivity contribution in [1.29, 1.82) is 0 Å². The van der Waals surface area contributed by atoms with E-state index in [0.29, 0.717) is 28.2 Å². The van der Waals surface area contributed by atoms with Crippen LogP contribution in [0, 0.1) is 0 Å². The molecule has 8 heteroatoms. The Morgan fingerprint density at radius 1 is 1.47 bits per heavy atom. The van der Waals surface area contributed by atoms with Gasteiger partial charge in [0.15, 0.2) is 6.10 Å². The molecule has 0 spiro atoms. The molecule has 2 N–H and O–H groups in total. The standard InChI is InChI=1S/C11H10BrClN2O4/c12-6-3-5(4-14-9(6)13)15-10(16)7-1-2-8(19-7)11(17)18/h3-4,7-8H,1-2H2,(H,15,16)(H,17,18)/t7-,8+/m0/s1. The molecule has 0 bridgehead atoms. The van der Waals surface area contributed by atoms with E-state index in [-0.39, 0.29) is 5.91 Å². The molecule has 1 fully saturated rings. The Balaban J connectivity index is 1.98. The quantitative estimate of drug-likeness (QED) is 0.816. The second-order valence-electron chi connectivity index (χ2n) is 4.01.